The maximum absolute atomic E-state index is 10.1. The minimum absolute atomic E-state index is 0.179. The van der Waals surface area contributed by atoms with Gasteiger partial charge < -0.3 is 19.9 Å². The molecule has 134 valence electrons. The van der Waals surface area contributed by atoms with Crippen molar-refractivity contribution < 1.29 is 14.6 Å². The lowest BCUT2D eigenvalue weighted by Crippen LogP contribution is -2.25. The van der Waals surface area contributed by atoms with Crippen molar-refractivity contribution in [3.63, 3.8) is 0 Å². The summed E-state index contributed by atoms with van der Waals surface area (Å²) in [6, 6.07) is 6.24. The summed E-state index contributed by atoms with van der Waals surface area (Å²) in [7, 11) is 0. The van der Waals surface area contributed by atoms with Crippen molar-refractivity contribution in [2.24, 2.45) is 0 Å². The highest BCUT2D eigenvalue weighted by atomic mass is 16.5. The number of fused-ring (bicyclic) bond motifs is 1. The van der Waals surface area contributed by atoms with Gasteiger partial charge in [-0.05, 0) is 24.8 Å². The molecule has 25 heavy (non-hydrogen) atoms. The van der Waals surface area contributed by atoms with Crippen LogP contribution in [0, 0.1) is 0 Å². The number of anilines is 1. The number of hydrogen-bond donors (Lipinski definition) is 2. The van der Waals surface area contributed by atoms with Crippen molar-refractivity contribution in [1.29, 1.82) is 0 Å². The van der Waals surface area contributed by atoms with Gasteiger partial charge in [-0.2, -0.15) is 0 Å². The zero-order valence-electron chi connectivity index (χ0n) is 14.2. The Labute approximate surface area is 146 Å². The summed E-state index contributed by atoms with van der Waals surface area (Å²) in [6.45, 7) is 2.96. The van der Waals surface area contributed by atoms with Crippen molar-refractivity contribution in [3.05, 3.63) is 30.0 Å². The van der Waals surface area contributed by atoms with Crippen molar-refractivity contribution >= 4 is 5.69 Å². The van der Waals surface area contributed by atoms with Crippen LogP contribution < -0.4 is 5.32 Å². The minimum Gasteiger partial charge on any atom is -0.389 e. The Bertz CT molecular complexity index is 712. The van der Waals surface area contributed by atoms with Crippen molar-refractivity contribution in [1.82, 2.24) is 15.0 Å². The maximum atomic E-state index is 10.1. The third-order valence-electron chi connectivity index (χ3n) is 4.70. The first kappa shape index (κ1) is 16.5. The molecule has 7 heteroatoms. The van der Waals surface area contributed by atoms with Gasteiger partial charge in [0.05, 0.1) is 38.2 Å². The van der Waals surface area contributed by atoms with Gasteiger partial charge in [0, 0.05) is 24.4 Å². The van der Waals surface area contributed by atoms with Gasteiger partial charge in [-0.15, -0.1) is 5.10 Å². The van der Waals surface area contributed by atoms with Gasteiger partial charge in [-0.1, -0.05) is 23.4 Å². The van der Waals surface area contributed by atoms with Gasteiger partial charge >= 0.3 is 0 Å². The molecule has 0 amide bonds. The lowest BCUT2D eigenvalue weighted by atomic mass is 10.1. The standard InChI is InChI=1S/C18H24N4O3/c23-14(11-24-12-15-4-2-8-25-15)9-22-10-17(20-21-22)16-5-1-3-13-6-7-19-18(13)16/h1,3,5,10,14-15,19,23H,2,4,6-9,11-12H2. The molecule has 3 heterocycles. The van der Waals surface area contributed by atoms with Crippen LogP contribution in [-0.2, 0) is 22.4 Å². The molecule has 1 fully saturated rings. The Morgan fingerprint density at radius 1 is 1.44 bits per heavy atom. The van der Waals surface area contributed by atoms with E-state index in [2.05, 4.69) is 21.7 Å². The van der Waals surface area contributed by atoms with Crippen molar-refractivity contribution in [2.75, 3.05) is 31.7 Å². The Morgan fingerprint density at radius 2 is 2.40 bits per heavy atom. The van der Waals surface area contributed by atoms with Crippen LogP contribution in [0.5, 0.6) is 0 Å². The zero-order valence-corrected chi connectivity index (χ0v) is 14.2. The number of benzene rings is 1. The molecular weight excluding hydrogens is 320 g/mol. The Hall–Kier alpha value is -1.96. The molecule has 0 saturated carbocycles. The summed E-state index contributed by atoms with van der Waals surface area (Å²) in [6.07, 6.45) is 4.61. The van der Waals surface area contributed by atoms with Crippen molar-refractivity contribution in [2.45, 2.75) is 38.0 Å². The molecule has 7 nitrogen and oxygen atoms in total. The second-order valence-corrected chi connectivity index (χ2v) is 6.67. The molecule has 0 bridgehead atoms. The fourth-order valence-corrected chi connectivity index (χ4v) is 3.44. The number of nitrogens with one attached hydrogen (secondary N) is 1. The van der Waals surface area contributed by atoms with E-state index in [1.54, 1.807) is 4.68 Å². The van der Waals surface area contributed by atoms with E-state index in [9.17, 15) is 5.11 Å². The molecule has 2 atom stereocenters. The average Bonchev–Trinajstić information content (AvgIpc) is 3.36. The fourth-order valence-electron chi connectivity index (χ4n) is 3.44. The van der Waals surface area contributed by atoms with Crippen LogP contribution in [0.15, 0.2) is 24.4 Å². The van der Waals surface area contributed by atoms with E-state index < -0.39 is 6.10 Å². The average molecular weight is 344 g/mol. The molecular formula is C18H24N4O3. The number of aliphatic hydroxyl groups is 1. The van der Waals surface area contributed by atoms with E-state index in [1.165, 1.54) is 5.56 Å². The predicted octanol–water partition coefficient (Wildman–Crippen LogP) is 1.47. The quantitative estimate of drug-likeness (QED) is 0.792. The van der Waals surface area contributed by atoms with Gasteiger partial charge in [0.25, 0.3) is 0 Å². The Kier molecular flexibility index (Phi) is 4.96. The second-order valence-electron chi connectivity index (χ2n) is 6.67. The van der Waals surface area contributed by atoms with Crippen LogP contribution in [0.1, 0.15) is 18.4 Å². The van der Waals surface area contributed by atoms with E-state index in [4.69, 9.17) is 9.47 Å². The third-order valence-corrected chi connectivity index (χ3v) is 4.70. The highest BCUT2D eigenvalue weighted by molar-refractivity contribution is 5.79. The molecule has 1 aromatic heterocycles. The summed E-state index contributed by atoms with van der Waals surface area (Å²) in [5.41, 5.74) is 4.34. The lowest BCUT2D eigenvalue weighted by molar-refractivity contribution is -0.0216. The first-order valence-corrected chi connectivity index (χ1v) is 8.93. The van der Waals surface area contributed by atoms with E-state index in [0.29, 0.717) is 13.2 Å². The molecule has 0 radical (unpaired) electrons. The largest absolute Gasteiger partial charge is 0.389 e. The number of hydrogen-bond acceptors (Lipinski definition) is 6. The van der Waals surface area contributed by atoms with Gasteiger partial charge in [0.2, 0.25) is 0 Å². The van der Waals surface area contributed by atoms with Crippen LogP contribution in [0.4, 0.5) is 5.69 Å². The second kappa shape index (κ2) is 7.51. The topological polar surface area (TPSA) is 81.4 Å². The normalized spacial score (nSPS) is 20.4. The SMILES string of the molecule is OC(COCC1CCCO1)Cn1cc(-c2cccc3c2NCC3)nn1. The third kappa shape index (κ3) is 3.84. The molecule has 2 aromatic rings. The molecule has 0 spiro atoms. The first-order chi connectivity index (χ1) is 12.3. The first-order valence-electron chi connectivity index (χ1n) is 8.93. The zero-order chi connectivity index (χ0) is 17.1. The predicted molar refractivity (Wildman–Crippen MR) is 93.5 cm³/mol. The van der Waals surface area contributed by atoms with Crippen LogP contribution >= 0.6 is 0 Å². The monoisotopic (exact) mass is 344 g/mol. The Morgan fingerprint density at radius 3 is 3.28 bits per heavy atom. The highest BCUT2D eigenvalue weighted by Gasteiger charge is 2.18. The summed E-state index contributed by atoms with van der Waals surface area (Å²) in [4.78, 5) is 0. The summed E-state index contributed by atoms with van der Waals surface area (Å²) >= 11 is 0. The van der Waals surface area contributed by atoms with Gasteiger partial charge in [-0.3, -0.25) is 0 Å². The fraction of sp³-hybridized carbons (Fsp3) is 0.556. The number of rotatable bonds is 7. The van der Waals surface area contributed by atoms with Crippen LogP contribution in [0.3, 0.4) is 0 Å². The molecule has 0 aliphatic carbocycles. The lowest BCUT2D eigenvalue weighted by Gasteiger charge is -2.13. The van der Waals surface area contributed by atoms with Gasteiger partial charge in [0.1, 0.15) is 5.69 Å². The summed E-state index contributed by atoms with van der Waals surface area (Å²) < 4.78 is 12.7. The van der Waals surface area contributed by atoms with E-state index in [1.807, 2.05) is 18.3 Å². The van der Waals surface area contributed by atoms with Crippen molar-refractivity contribution in [3.8, 4) is 11.3 Å². The molecule has 2 aliphatic heterocycles. The number of aliphatic hydroxyl groups excluding tert-OH is 1. The number of aromatic nitrogens is 3. The molecule has 2 unspecified atom stereocenters. The molecule has 2 aliphatic rings. The Balaban J connectivity index is 1.33. The number of para-hydroxylation sites is 1. The molecule has 4 rings (SSSR count). The smallest absolute Gasteiger partial charge is 0.115 e. The van der Waals surface area contributed by atoms with Gasteiger partial charge in [-0.25, -0.2) is 4.68 Å². The molecule has 1 aromatic carbocycles. The maximum Gasteiger partial charge on any atom is 0.115 e. The summed E-state index contributed by atoms with van der Waals surface area (Å²) in [5, 5.41) is 22.0. The van der Waals surface area contributed by atoms with Crippen LogP contribution in [0.2, 0.25) is 0 Å². The van der Waals surface area contributed by atoms with Crippen LogP contribution in [-0.4, -0.2) is 58.7 Å². The van der Waals surface area contributed by atoms with Crippen LogP contribution in [0.25, 0.3) is 11.3 Å². The minimum atomic E-state index is -0.615. The van der Waals surface area contributed by atoms with E-state index in [-0.39, 0.29) is 12.7 Å². The van der Waals surface area contributed by atoms with E-state index >= 15 is 0 Å². The number of ether oxygens (including phenoxy) is 2. The molecule has 2 N–H and O–H groups in total. The highest BCUT2D eigenvalue weighted by Crippen LogP contribution is 2.32. The molecule has 1 saturated heterocycles. The summed E-state index contributed by atoms with van der Waals surface area (Å²) in [5.74, 6) is 0. The van der Waals surface area contributed by atoms with Gasteiger partial charge in [0.15, 0.2) is 0 Å². The van der Waals surface area contributed by atoms with E-state index in [0.717, 1.165) is 49.4 Å². The number of nitrogens with zero attached hydrogens (tertiary/aromatic N) is 3.